The van der Waals surface area contributed by atoms with Crippen LogP contribution in [0.5, 0.6) is 0 Å². The third-order valence-corrected chi connectivity index (χ3v) is 2.52. The molecule has 0 saturated carbocycles. The Hall–Kier alpha value is -1.39. The molecule has 0 aliphatic rings. The summed E-state index contributed by atoms with van der Waals surface area (Å²) in [6.07, 6.45) is 3.37. The maximum Gasteiger partial charge on any atom is 0.142 e. The Morgan fingerprint density at radius 3 is 2.88 bits per heavy atom. The summed E-state index contributed by atoms with van der Waals surface area (Å²) < 4.78 is 14.8. The number of aromatic nitrogens is 2. The zero-order valence-corrected chi connectivity index (χ0v) is 9.15. The molecule has 0 amide bonds. The van der Waals surface area contributed by atoms with Gasteiger partial charge in [-0.15, -0.1) is 0 Å². The third kappa shape index (κ3) is 2.23. The number of nitrogens with zero attached hydrogens (tertiary/aromatic N) is 2. The van der Waals surface area contributed by atoms with E-state index in [1.807, 2.05) is 0 Å². The van der Waals surface area contributed by atoms with Crippen molar-refractivity contribution in [3.63, 3.8) is 0 Å². The average Bonchev–Trinajstić information content (AvgIpc) is 2.71. The second kappa shape index (κ2) is 4.63. The predicted octanol–water partition coefficient (Wildman–Crippen LogP) is 2.33. The van der Waals surface area contributed by atoms with Crippen LogP contribution >= 0.6 is 11.6 Å². The van der Waals surface area contributed by atoms with Crippen molar-refractivity contribution in [1.29, 1.82) is 0 Å². The molecule has 2 rings (SSSR count). The smallest absolute Gasteiger partial charge is 0.142 e. The first-order chi connectivity index (χ1) is 7.70. The minimum Gasteiger partial charge on any atom is -0.394 e. The van der Waals surface area contributed by atoms with Crippen LogP contribution in [0.2, 0.25) is 5.02 Å². The van der Waals surface area contributed by atoms with Crippen molar-refractivity contribution in [3.05, 3.63) is 41.4 Å². The number of hydrogen-bond donors (Lipinski definition) is 1. The molecule has 5 heteroatoms. The van der Waals surface area contributed by atoms with Crippen molar-refractivity contribution >= 4 is 11.6 Å². The summed E-state index contributed by atoms with van der Waals surface area (Å²) in [5.41, 5.74) is 1.51. The largest absolute Gasteiger partial charge is 0.394 e. The maximum atomic E-state index is 13.2. The van der Waals surface area contributed by atoms with Gasteiger partial charge in [0, 0.05) is 11.8 Å². The molecule has 1 aromatic carbocycles. The van der Waals surface area contributed by atoms with Gasteiger partial charge in [0.25, 0.3) is 0 Å². The molecule has 0 radical (unpaired) electrons. The number of benzene rings is 1. The molecule has 0 saturated heterocycles. The van der Waals surface area contributed by atoms with E-state index in [9.17, 15) is 4.39 Å². The fourth-order valence-corrected chi connectivity index (χ4v) is 1.53. The van der Waals surface area contributed by atoms with Gasteiger partial charge in [0.2, 0.25) is 0 Å². The average molecular weight is 241 g/mol. The van der Waals surface area contributed by atoms with E-state index in [1.54, 1.807) is 23.1 Å². The van der Waals surface area contributed by atoms with Crippen LogP contribution in [0, 0.1) is 5.82 Å². The first kappa shape index (κ1) is 11.1. The highest BCUT2D eigenvalue weighted by atomic mass is 35.5. The molecule has 0 aliphatic heterocycles. The van der Waals surface area contributed by atoms with E-state index in [2.05, 4.69) is 5.10 Å². The van der Waals surface area contributed by atoms with Crippen molar-refractivity contribution in [2.45, 2.75) is 6.54 Å². The number of hydrogen-bond acceptors (Lipinski definition) is 2. The Bertz CT molecular complexity index is 498. The summed E-state index contributed by atoms with van der Waals surface area (Å²) in [5, 5.41) is 12.9. The standard InChI is InChI=1S/C11H10ClFN2O/c12-10-2-1-8(5-11(10)13)9-6-14-15(7-9)3-4-16/h1-2,5-7,16H,3-4H2. The van der Waals surface area contributed by atoms with Crippen LogP contribution in [-0.4, -0.2) is 21.5 Å². The highest BCUT2D eigenvalue weighted by Crippen LogP contribution is 2.23. The Kier molecular flexibility index (Phi) is 3.22. The Morgan fingerprint density at radius 1 is 1.38 bits per heavy atom. The third-order valence-electron chi connectivity index (χ3n) is 2.22. The summed E-state index contributed by atoms with van der Waals surface area (Å²) >= 11 is 5.59. The van der Waals surface area contributed by atoms with Gasteiger partial charge in [0.05, 0.1) is 24.4 Å². The molecule has 0 spiro atoms. The molecule has 0 aliphatic carbocycles. The van der Waals surface area contributed by atoms with Crippen molar-refractivity contribution in [2.75, 3.05) is 6.61 Å². The van der Waals surface area contributed by atoms with E-state index in [0.717, 1.165) is 5.56 Å². The second-order valence-electron chi connectivity index (χ2n) is 3.34. The number of halogens is 2. The van der Waals surface area contributed by atoms with Crippen LogP contribution < -0.4 is 0 Å². The normalized spacial score (nSPS) is 10.7. The molecule has 1 aromatic heterocycles. The molecule has 84 valence electrons. The first-order valence-electron chi connectivity index (χ1n) is 4.79. The van der Waals surface area contributed by atoms with E-state index >= 15 is 0 Å². The zero-order valence-electron chi connectivity index (χ0n) is 8.40. The van der Waals surface area contributed by atoms with Crippen LogP contribution in [0.25, 0.3) is 11.1 Å². The lowest BCUT2D eigenvalue weighted by molar-refractivity contribution is 0.269. The van der Waals surface area contributed by atoms with Gasteiger partial charge >= 0.3 is 0 Å². The van der Waals surface area contributed by atoms with Crippen molar-refractivity contribution in [2.24, 2.45) is 0 Å². The van der Waals surface area contributed by atoms with Gasteiger partial charge in [-0.05, 0) is 17.7 Å². The maximum absolute atomic E-state index is 13.2. The predicted molar refractivity (Wildman–Crippen MR) is 59.7 cm³/mol. The first-order valence-corrected chi connectivity index (χ1v) is 5.17. The zero-order chi connectivity index (χ0) is 11.5. The number of rotatable bonds is 3. The Balaban J connectivity index is 2.31. The molecule has 0 fully saturated rings. The van der Waals surface area contributed by atoms with Crippen molar-refractivity contribution in [1.82, 2.24) is 9.78 Å². The molecule has 0 unspecified atom stereocenters. The molecule has 0 bridgehead atoms. The number of aliphatic hydroxyl groups excluding tert-OH is 1. The summed E-state index contributed by atoms with van der Waals surface area (Å²) in [6, 6.07) is 4.60. The van der Waals surface area contributed by atoms with Crippen molar-refractivity contribution in [3.8, 4) is 11.1 Å². The van der Waals surface area contributed by atoms with Gasteiger partial charge in [-0.2, -0.15) is 5.10 Å². The molecule has 0 atom stereocenters. The van der Waals surface area contributed by atoms with Gasteiger partial charge in [-0.25, -0.2) is 4.39 Å². The Labute approximate surface area is 97.1 Å². The monoisotopic (exact) mass is 240 g/mol. The van der Waals surface area contributed by atoms with Crippen molar-refractivity contribution < 1.29 is 9.50 Å². The summed E-state index contributed by atoms with van der Waals surface area (Å²) in [7, 11) is 0. The van der Waals surface area contributed by atoms with Crippen LogP contribution in [0.15, 0.2) is 30.6 Å². The molecule has 1 N–H and O–H groups in total. The molecular weight excluding hydrogens is 231 g/mol. The van der Waals surface area contributed by atoms with E-state index in [1.165, 1.54) is 12.1 Å². The van der Waals surface area contributed by atoms with Gasteiger partial charge in [-0.1, -0.05) is 17.7 Å². The van der Waals surface area contributed by atoms with E-state index in [0.29, 0.717) is 12.1 Å². The minimum atomic E-state index is -0.450. The summed E-state index contributed by atoms with van der Waals surface area (Å²) in [6.45, 7) is 0.451. The van der Waals surface area contributed by atoms with E-state index in [4.69, 9.17) is 16.7 Å². The molecule has 1 heterocycles. The fourth-order valence-electron chi connectivity index (χ4n) is 1.41. The molecule has 2 aromatic rings. The van der Waals surface area contributed by atoms with E-state index in [-0.39, 0.29) is 11.6 Å². The van der Waals surface area contributed by atoms with Crippen LogP contribution in [0.4, 0.5) is 4.39 Å². The quantitative estimate of drug-likeness (QED) is 0.894. The van der Waals surface area contributed by atoms with Crippen LogP contribution in [0.1, 0.15) is 0 Å². The van der Waals surface area contributed by atoms with Gasteiger partial charge in [0.15, 0.2) is 0 Å². The second-order valence-corrected chi connectivity index (χ2v) is 3.75. The van der Waals surface area contributed by atoms with Gasteiger partial charge in [-0.3, -0.25) is 4.68 Å². The van der Waals surface area contributed by atoms with Gasteiger partial charge < -0.3 is 5.11 Å². The molecule has 3 nitrogen and oxygen atoms in total. The molecule has 16 heavy (non-hydrogen) atoms. The fraction of sp³-hybridized carbons (Fsp3) is 0.182. The van der Waals surface area contributed by atoms with Gasteiger partial charge in [0.1, 0.15) is 5.82 Å². The highest BCUT2D eigenvalue weighted by molar-refractivity contribution is 6.30. The minimum absolute atomic E-state index is 0.0239. The lowest BCUT2D eigenvalue weighted by atomic mass is 10.1. The SMILES string of the molecule is OCCn1cc(-c2ccc(Cl)c(F)c2)cn1. The van der Waals surface area contributed by atoms with Crippen LogP contribution in [0.3, 0.4) is 0 Å². The molecular formula is C11H10ClFN2O. The van der Waals surface area contributed by atoms with Crippen LogP contribution in [-0.2, 0) is 6.54 Å². The topological polar surface area (TPSA) is 38.0 Å². The summed E-state index contributed by atoms with van der Waals surface area (Å²) in [4.78, 5) is 0. The van der Waals surface area contributed by atoms with E-state index < -0.39 is 5.82 Å². The lowest BCUT2D eigenvalue weighted by Crippen LogP contribution is -2.01. The summed E-state index contributed by atoms with van der Waals surface area (Å²) in [5.74, 6) is -0.450. The lowest BCUT2D eigenvalue weighted by Gasteiger charge is -1.99. The Morgan fingerprint density at radius 2 is 2.19 bits per heavy atom. The highest BCUT2D eigenvalue weighted by Gasteiger charge is 2.05. The number of aliphatic hydroxyl groups is 1.